The summed E-state index contributed by atoms with van der Waals surface area (Å²) in [6.45, 7) is 6.30. The monoisotopic (exact) mass is 298 g/mol. The van der Waals surface area contributed by atoms with Crippen molar-refractivity contribution in [3.05, 3.63) is 0 Å². The number of urea groups is 1. The van der Waals surface area contributed by atoms with Crippen molar-refractivity contribution >= 4 is 12.0 Å². The minimum absolute atomic E-state index is 0.0343. The topological polar surface area (TPSA) is 69.6 Å². The zero-order valence-electron chi connectivity index (χ0n) is 13.4. The summed E-state index contributed by atoms with van der Waals surface area (Å²) in [6, 6.07) is -0.0343. The predicted molar refractivity (Wildman–Crippen MR) is 83.3 cm³/mol. The van der Waals surface area contributed by atoms with Gasteiger partial charge in [-0.2, -0.15) is 0 Å². The molecule has 2 atom stereocenters. The molecule has 21 heavy (non-hydrogen) atoms. The molecule has 0 saturated heterocycles. The third-order valence-electron chi connectivity index (χ3n) is 4.34. The van der Waals surface area contributed by atoms with Gasteiger partial charge in [0.25, 0.3) is 0 Å². The highest BCUT2D eigenvalue weighted by atomic mass is 16.4. The standard InChI is InChI=1S/C16H30N2O3/c1-3-5-10-18(11-6-4-2)16(21)17-12-13-8-7-9-14(13)15(19)20/h13-14H,3-12H2,1-2H3,(H,17,21)(H,19,20). The molecule has 1 aliphatic carbocycles. The Balaban J connectivity index is 2.42. The number of hydrogen-bond acceptors (Lipinski definition) is 2. The summed E-state index contributed by atoms with van der Waals surface area (Å²) in [5.74, 6) is -0.920. The van der Waals surface area contributed by atoms with Crippen molar-refractivity contribution in [2.24, 2.45) is 11.8 Å². The normalized spacial score (nSPS) is 21.2. The van der Waals surface area contributed by atoms with Crippen LogP contribution in [0.1, 0.15) is 58.8 Å². The molecule has 0 aromatic rings. The maximum Gasteiger partial charge on any atom is 0.317 e. The summed E-state index contributed by atoms with van der Waals surface area (Å²) in [5, 5.41) is 12.1. The Morgan fingerprint density at radius 2 is 1.76 bits per heavy atom. The summed E-state index contributed by atoms with van der Waals surface area (Å²) in [5.41, 5.74) is 0. The number of amides is 2. The summed E-state index contributed by atoms with van der Waals surface area (Å²) < 4.78 is 0. The lowest BCUT2D eigenvalue weighted by molar-refractivity contribution is -0.142. The minimum atomic E-state index is -0.722. The average Bonchev–Trinajstić information content (AvgIpc) is 2.93. The highest BCUT2D eigenvalue weighted by Gasteiger charge is 2.33. The molecule has 0 aliphatic heterocycles. The van der Waals surface area contributed by atoms with Crippen LogP contribution in [0.4, 0.5) is 4.79 Å². The Labute approximate surface area is 128 Å². The quantitative estimate of drug-likeness (QED) is 0.687. The fraction of sp³-hybridized carbons (Fsp3) is 0.875. The third-order valence-corrected chi connectivity index (χ3v) is 4.34. The third kappa shape index (κ3) is 5.94. The van der Waals surface area contributed by atoms with Crippen LogP contribution in [0.15, 0.2) is 0 Å². The van der Waals surface area contributed by atoms with Crippen molar-refractivity contribution in [3.8, 4) is 0 Å². The Hall–Kier alpha value is -1.26. The largest absolute Gasteiger partial charge is 0.481 e. The second-order valence-corrected chi connectivity index (χ2v) is 6.02. The van der Waals surface area contributed by atoms with E-state index in [-0.39, 0.29) is 17.9 Å². The van der Waals surface area contributed by atoms with Gasteiger partial charge in [-0.05, 0) is 31.6 Å². The first-order valence-corrected chi connectivity index (χ1v) is 8.35. The summed E-state index contributed by atoms with van der Waals surface area (Å²) >= 11 is 0. The molecular formula is C16H30N2O3. The Morgan fingerprint density at radius 3 is 2.29 bits per heavy atom. The first-order chi connectivity index (χ1) is 10.1. The molecule has 0 aromatic carbocycles. The molecule has 0 radical (unpaired) electrons. The van der Waals surface area contributed by atoms with Crippen LogP contribution in [0.25, 0.3) is 0 Å². The van der Waals surface area contributed by atoms with Gasteiger partial charge in [-0.25, -0.2) is 4.79 Å². The number of carbonyl (C=O) groups is 2. The highest BCUT2D eigenvalue weighted by Crippen LogP contribution is 2.31. The zero-order valence-corrected chi connectivity index (χ0v) is 13.4. The van der Waals surface area contributed by atoms with Crippen molar-refractivity contribution in [3.63, 3.8) is 0 Å². The van der Waals surface area contributed by atoms with E-state index in [2.05, 4.69) is 19.2 Å². The lowest BCUT2D eigenvalue weighted by Crippen LogP contribution is -2.43. The van der Waals surface area contributed by atoms with E-state index in [4.69, 9.17) is 5.11 Å². The van der Waals surface area contributed by atoms with E-state index < -0.39 is 5.97 Å². The molecule has 1 fully saturated rings. The maximum atomic E-state index is 12.3. The Morgan fingerprint density at radius 1 is 1.14 bits per heavy atom. The molecule has 0 spiro atoms. The van der Waals surface area contributed by atoms with Crippen LogP contribution in [-0.4, -0.2) is 41.6 Å². The fourth-order valence-corrected chi connectivity index (χ4v) is 2.95. The van der Waals surface area contributed by atoms with Crippen LogP contribution in [0, 0.1) is 11.8 Å². The number of nitrogens with zero attached hydrogens (tertiary/aromatic N) is 1. The summed E-state index contributed by atoms with van der Waals surface area (Å²) in [4.78, 5) is 25.3. The van der Waals surface area contributed by atoms with E-state index in [0.717, 1.165) is 58.0 Å². The number of aliphatic carboxylic acids is 1. The number of carboxylic acids is 1. The molecule has 5 nitrogen and oxygen atoms in total. The molecule has 0 aromatic heterocycles. The number of nitrogens with one attached hydrogen (secondary N) is 1. The molecule has 2 amide bonds. The summed E-state index contributed by atoms with van der Waals surface area (Å²) in [6.07, 6.45) is 6.76. The summed E-state index contributed by atoms with van der Waals surface area (Å²) in [7, 11) is 0. The molecule has 0 bridgehead atoms. The van der Waals surface area contributed by atoms with Gasteiger partial charge in [0.1, 0.15) is 0 Å². The van der Waals surface area contributed by atoms with Crippen LogP contribution in [0.5, 0.6) is 0 Å². The van der Waals surface area contributed by atoms with Crippen LogP contribution >= 0.6 is 0 Å². The van der Waals surface area contributed by atoms with Crippen molar-refractivity contribution in [2.45, 2.75) is 58.8 Å². The first kappa shape index (κ1) is 17.8. The van der Waals surface area contributed by atoms with Crippen molar-refractivity contribution < 1.29 is 14.7 Å². The second-order valence-electron chi connectivity index (χ2n) is 6.02. The van der Waals surface area contributed by atoms with Crippen LogP contribution in [0.2, 0.25) is 0 Å². The molecule has 1 saturated carbocycles. The number of carbonyl (C=O) groups excluding carboxylic acids is 1. The van der Waals surface area contributed by atoms with Crippen molar-refractivity contribution in [2.75, 3.05) is 19.6 Å². The lowest BCUT2D eigenvalue weighted by atomic mass is 9.96. The van der Waals surface area contributed by atoms with E-state index >= 15 is 0 Å². The van der Waals surface area contributed by atoms with Gasteiger partial charge in [0.15, 0.2) is 0 Å². The highest BCUT2D eigenvalue weighted by molar-refractivity contribution is 5.74. The van der Waals surface area contributed by atoms with Gasteiger partial charge >= 0.3 is 12.0 Å². The smallest absolute Gasteiger partial charge is 0.317 e. The lowest BCUT2D eigenvalue weighted by Gasteiger charge is -2.24. The fourth-order valence-electron chi connectivity index (χ4n) is 2.95. The van der Waals surface area contributed by atoms with Crippen LogP contribution < -0.4 is 5.32 Å². The Kier molecular flexibility index (Phi) is 8.16. The Bertz CT molecular complexity index is 325. The van der Waals surface area contributed by atoms with E-state index in [9.17, 15) is 9.59 Å². The van der Waals surface area contributed by atoms with Gasteiger partial charge in [-0.1, -0.05) is 33.1 Å². The first-order valence-electron chi connectivity index (χ1n) is 8.35. The molecule has 2 N–H and O–H groups in total. The molecule has 5 heteroatoms. The predicted octanol–water partition coefficient (Wildman–Crippen LogP) is 3.10. The van der Waals surface area contributed by atoms with E-state index in [0.29, 0.717) is 6.54 Å². The molecule has 0 heterocycles. The van der Waals surface area contributed by atoms with Gasteiger partial charge in [0.05, 0.1) is 5.92 Å². The van der Waals surface area contributed by atoms with Crippen molar-refractivity contribution in [1.29, 1.82) is 0 Å². The molecule has 1 rings (SSSR count). The van der Waals surface area contributed by atoms with Crippen molar-refractivity contribution in [1.82, 2.24) is 10.2 Å². The van der Waals surface area contributed by atoms with Crippen LogP contribution in [-0.2, 0) is 4.79 Å². The maximum absolute atomic E-state index is 12.3. The number of carboxylic acid groups (broad SMARTS) is 1. The van der Waals surface area contributed by atoms with Gasteiger partial charge in [0, 0.05) is 19.6 Å². The minimum Gasteiger partial charge on any atom is -0.481 e. The van der Waals surface area contributed by atoms with Gasteiger partial charge < -0.3 is 15.3 Å². The van der Waals surface area contributed by atoms with Crippen LogP contribution in [0.3, 0.4) is 0 Å². The number of unbranched alkanes of at least 4 members (excludes halogenated alkanes) is 2. The van der Waals surface area contributed by atoms with E-state index in [1.54, 1.807) is 0 Å². The van der Waals surface area contributed by atoms with Gasteiger partial charge in [0.2, 0.25) is 0 Å². The molecule has 1 aliphatic rings. The average molecular weight is 298 g/mol. The van der Waals surface area contributed by atoms with Gasteiger partial charge in [-0.15, -0.1) is 0 Å². The van der Waals surface area contributed by atoms with E-state index in [1.807, 2.05) is 4.90 Å². The second kappa shape index (κ2) is 9.64. The zero-order chi connectivity index (χ0) is 15.7. The molecular weight excluding hydrogens is 268 g/mol. The number of hydrogen-bond donors (Lipinski definition) is 2. The van der Waals surface area contributed by atoms with Gasteiger partial charge in [-0.3, -0.25) is 4.79 Å². The SMILES string of the molecule is CCCCN(CCCC)C(=O)NCC1CCCC1C(=O)O. The molecule has 122 valence electrons. The number of rotatable bonds is 9. The molecule has 2 unspecified atom stereocenters. The van der Waals surface area contributed by atoms with E-state index in [1.165, 1.54) is 0 Å².